The molecule has 28 heavy (non-hydrogen) atoms. The van der Waals surface area contributed by atoms with Crippen molar-refractivity contribution in [1.82, 2.24) is 4.90 Å². The van der Waals surface area contributed by atoms with Crippen LogP contribution in [0.15, 0.2) is 59.6 Å². The average Bonchev–Trinajstić information content (AvgIpc) is 3.14. The Bertz CT molecular complexity index is 839. The number of amidine groups is 1. The minimum absolute atomic E-state index is 0.194. The van der Waals surface area contributed by atoms with Crippen LogP contribution in [0.2, 0.25) is 0 Å². The highest BCUT2D eigenvalue weighted by Gasteiger charge is 2.31. The van der Waals surface area contributed by atoms with Crippen LogP contribution in [0.25, 0.3) is 0 Å². The topological polar surface area (TPSA) is 41.9 Å². The number of halogens is 3. The lowest BCUT2D eigenvalue weighted by Crippen LogP contribution is -2.41. The van der Waals surface area contributed by atoms with Gasteiger partial charge in [0.1, 0.15) is 5.75 Å². The molecule has 1 amide bonds. The summed E-state index contributed by atoms with van der Waals surface area (Å²) in [5.74, 6) is 0.841. The number of rotatable bonds is 5. The summed E-state index contributed by atoms with van der Waals surface area (Å²) in [7, 11) is 0. The van der Waals surface area contributed by atoms with Gasteiger partial charge in [-0.3, -0.25) is 14.7 Å². The molecule has 0 aromatic heterocycles. The number of hydrogen-bond acceptors (Lipinski definition) is 4. The molecular weight excluding hydrogens is 389 g/mol. The molecule has 0 radical (unpaired) electrons. The van der Waals surface area contributed by atoms with Gasteiger partial charge in [0.15, 0.2) is 11.3 Å². The molecule has 8 heteroatoms. The van der Waals surface area contributed by atoms with Crippen molar-refractivity contribution in [2.75, 3.05) is 13.1 Å². The van der Waals surface area contributed by atoms with E-state index in [4.69, 9.17) is 4.74 Å². The Labute approximate surface area is 165 Å². The van der Waals surface area contributed by atoms with Crippen molar-refractivity contribution in [3.05, 3.63) is 65.7 Å². The molecule has 1 aliphatic heterocycles. The Morgan fingerprint density at radius 2 is 1.86 bits per heavy atom. The number of hydrogen-bond donors (Lipinski definition) is 0. The van der Waals surface area contributed by atoms with Crippen molar-refractivity contribution in [2.45, 2.75) is 25.0 Å². The number of alkyl halides is 3. The van der Waals surface area contributed by atoms with Crippen LogP contribution >= 0.6 is 11.8 Å². The van der Waals surface area contributed by atoms with Crippen LogP contribution < -0.4 is 4.74 Å². The van der Waals surface area contributed by atoms with E-state index in [1.54, 1.807) is 24.0 Å². The Morgan fingerprint density at radius 1 is 1.18 bits per heavy atom. The maximum absolute atomic E-state index is 12.7. The highest BCUT2D eigenvalue weighted by Crippen LogP contribution is 2.30. The zero-order valence-corrected chi connectivity index (χ0v) is 16.0. The van der Waals surface area contributed by atoms with Crippen molar-refractivity contribution in [3.8, 4) is 5.75 Å². The highest BCUT2D eigenvalue weighted by molar-refractivity contribution is 8.13. The Kier molecular flexibility index (Phi) is 6.28. The molecule has 0 aliphatic carbocycles. The molecule has 2 aromatic carbocycles. The van der Waals surface area contributed by atoms with Gasteiger partial charge in [-0.05, 0) is 36.8 Å². The number of aliphatic imine (C=N–C) groups is 1. The first-order valence-corrected chi connectivity index (χ1v) is 9.69. The third kappa shape index (κ3) is 5.07. The number of amides is 1. The van der Waals surface area contributed by atoms with E-state index in [0.717, 1.165) is 17.7 Å². The molecule has 3 rings (SSSR count). The van der Waals surface area contributed by atoms with Crippen molar-refractivity contribution < 1.29 is 22.7 Å². The third-order valence-electron chi connectivity index (χ3n) is 4.12. The number of ether oxygens (including phenoxy) is 1. The van der Waals surface area contributed by atoms with Crippen LogP contribution in [0.4, 0.5) is 13.2 Å². The van der Waals surface area contributed by atoms with E-state index in [9.17, 15) is 18.0 Å². The van der Waals surface area contributed by atoms with Crippen molar-refractivity contribution >= 4 is 22.8 Å². The summed E-state index contributed by atoms with van der Waals surface area (Å²) in [6, 6.07) is 14.1. The van der Waals surface area contributed by atoms with Crippen molar-refractivity contribution in [1.29, 1.82) is 0 Å². The molecule has 0 fully saturated rings. The molecule has 1 atom stereocenters. The zero-order valence-electron chi connectivity index (χ0n) is 15.1. The minimum atomic E-state index is -4.35. The summed E-state index contributed by atoms with van der Waals surface area (Å²) in [4.78, 5) is 18.6. The second-order valence-electron chi connectivity index (χ2n) is 6.21. The highest BCUT2D eigenvalue weighted by atomic mass is 32.2. The molecule has 2 aromatic rings. The monoisotopic (exact) mass is 408 g/mol. The van der Waals surface area contributed by atoms with E-state index in [2.05, 4.69) is 4.99 Å². The second kappa shape index (κ2) is 8.68. The number of carbonyl (C=O) groups excluding carboxylic acids is 1. The fourth-order valence-corrected chi connectivity index (χ4v) is 3.67. The molecule has 1 heterocycles. The normalized spacial score (nSPS) is 15.3. The predicted molar refractivity (Wildman–Crippen MR) is 103 cm³/mol. The van der Waals surface area contributed by atoms with Crippen molar-refractivity contribution in [2.24, 2.45) is 4.99 Å². The van der Waals surface area contributed by atoms with E-state index in [0.29, 0.717) is 29.8 Å². The van der Waals surface area contributed by atoms with E-state index >= 15 is 0 Å². The largest absolute Gasteiger partial charge is 0.481 e. The summed E-state index contributed by atoms with van der Waals surface area (Å²) in [6.07, 6.45) is -5.02. The summed E-state index contributed by atoms with van der Waals surface area (Å²) >= 11 is 1.33. The van der Waals surface area contributed by atoms with Crippen LogP contribution in [-0.4, -0.2) is 35.2 Å². The Morgan fingerprint density at radius 3 is 2.50 bits per heavy atom. The molecule has 0 bridgehead atoms. The maximum Gasteiger partial charge on any atom is 0.416 e. The van der Waals surface area contributed by atoms with Crippen LogP contribution in [0.3, 0.4) is 0 Å². The van der Waals surface area contributed by atoms with E-state index < -0.39 is 17.8 Å². The first-order chi connectivity index (χ1) is 13.3. The van der Waals surface area contributed by atoms with Crippen LogP contribution in [0.5, 0.6) is 5.75 Å². The minimum Gasteiger partial charge on any atom is -0.481 e. The lowest BCUT2D eigenvalue weighted by atomic mass is 10.1. The van der Waals surface area contributed by atoms with Gasteiger partial charge in [-0.15, -0.1) is 0 Å². The molecule has 4 nitrogen and oxygen atoms in total. The molecule has 1 aliphatic rings. The van der Waals surface area contributed by atoms with Gasteiger partial charge in [0.05, 0.1) is 12.1 Å². The summed E-state index contributed by atoms with van der Waals surface area (Å²) in [5.41, 5.74) is 0.0525. The lowest BCUT2D eigenvalue weighted by Gasteiger charge is -2.22. The molecule has 0 saturated heterocycles. The van der Waals surface area contributed by atoms with E-state index in [-0.39, 0.29) is 5.91 Å². The van der Waals surface area contributed by atoms with Gasteiger partial charge in [-0.1, -0.05) is 42.1 Å². The van der Waals surface area contributed by atoms with Gasteiger partial charge >= 0.3 is 6.18 Å². The first kappa shape index (κ1) is 20.3. The average molecular weight is 408 g/mol. The maximum atomic E-state index is 12.7. The zero-order chi connectivity index (χ0) is 20.1. The standard InChI is InChI=1S/C20H19F3N2O2S/c1-14(27-17-5-3-2-4-6-17)18(26)25-12-11-24-19(25)28-13-15-7-9-16(10-8-15)20(21,22)23/h2-10,14H,11-13H2,1H3/t14-/m1/s1. The molecule has 0 spiro atoms. The third-order valence-corrected chi connectivity index (χ3v) is 5.21. The number of thioether (sulfide) groups is 1. The SMILES string of the molecule is C[C@@H](Oc1ccccc1)C(=O)N1CCN=C1SCc1ccc(C(F)(F)F)cc1. The van der Waals surface area contributed by atoms with Gasteiger partial charge in [0, 0.05) is 12.3 Å². The smallest absolute Gasteiger partial charge is 0.416 e. The number of carbonyl (C=O) groups is 1. The molecule has 0 N–H and O–H groups in total. The van der Waals surface area contributed by atoms with E-state index in [1.807, 2.05) is 18.2 Å². The Balaban J connectivity index is 1.57. The van der Waals surface area contributed by atoms with Crippen LogP contribution in [0, 0.1) is 0 Å². The predicted octanol–water partition coefficient (Wildman–Crippen LogP) is 4.60. The number of para-hydroxylation sites is 1. The molecule has 0 saturated carbocycles. The molecule has 0 unspecified atom stereocenters. The van der Waals surface area contributed by atoms with Crippen LogP contribution in [-0.2, 0) is 16.7 Å². The fraction of sp³-hybridized carbons (Fsp3) is 0.300. The van der Waals surface area contributed by atoms with Gasteiger partial charge in [-0.25, -0.2) is 0 Å². The van der Waals surface area contributed by atoms with Crippen LogP contribution in [0.1, 0.15) is 18.1 Å². The van der Waals surface area contributed by atoms with Gasteiger partial charge in [0.25, 0.3) is 5.91 Å². The summed E-state index contributed by atoms with van der Waals surface area (Å²) in [5, 5.41) is 0.563. The molecule has 148 valence electrons. The van der Waals surface area contributed by atoms with Crippen molar-refractivity contribution in [3.63, 3.8) is 0 Å². The molecular formula is C20H19F3N2O2S. The lowest BCUT2D eigenvalue weighted by molar-refractivity contribution is -0.137. The first-order valence-electron chi connectivity index (χ1n) is 8.71. The quantitative estimate of drug-likeness (QED) is 0.726. The second-order valence-corrected chi connectivity index (χ2v) is 7.15. The summed E-state index contributed by atoms with van der Waals surface area (Å²) in [6.45, 7) is 2.65. The summed E-state index contributed by atoms with van der Waals surface area (Å²) < 4.78 is 43.6. The van der Waals surface area contributed by atoms with Gasteiger partial charge in [-0.2, -0.15) is 13.2 Å². The van der Waals surface area contributed by atoms with Gasteiger partial charge < -0.3 is 4.74 Å². The fourth-order valence-electron chi connectivity index (χ4n) is 2.67. The number of benzene rings is 2. The number of nitrogens with zero attached hydrogens (tertiary/aromatic N) is 2. The van der Waals surface area contributed by atoms with E-state index in [1.165, 1.54) is 23.9 Å². The Hall–Kier alpha value is -2.48. The van der Waals surface area contributed by atoms with Gasteiger partial charge in [0.2, 0.25) is 0 Å².